The molecule has 0 aliphatic carbocycles. The van der Waals surface area contributed by atoms with Gasteiger partial charge in [0.25, 0.3) is 5.91 Å². The highest BCUT2D eigenvalue weighted by Gasteiger charge is 2.25. The minimum atomic E-state index is -0.798. The van der Waals surface area contributed by atoms with Crippen LogP contribution in [-0.4, -0.2) is 40.0 Å². The molecule has 116 valence electrons. The van der Waals surface area contributed by atoms with E-state index in [4.69, 9.17) is 10.4 Å². The summed E-state index contributed by atoms with van der Waals surface area (Å²) in [5.74, 6) is -0.714. The Labute approximate surface area is 129 Å². The number of rotatable bonds is 4. The van der Waals surface area contributed by atoms with Gasteiger partial charge in [-0.15, -0.1) is 0 Å². The summed E-state index contributed by atoms with van der Waals surface area (Å²) in [7, 11) is 0. The molecule has 0 saturated carbocycles. The van der Waals surface area contributed by atoms with Gasteiger partial charge in [-0.25, -0.2) is 4.98 Å². The highest BCUT2D eigenvalue weighted by atomic mass is 16.4. The number of carbonyl (C=O) groups excluding carboxylic acids is 1. The molecule has 1 aromatic heterocycles. The second-order valence-electron chi connectivity index (χ2n) is 5.63. The van der Waals surface area contributed by atoms with E-state index in [0.29, 0.717) is 36.5 Å². The molecular formula is C16H19N3O3. The third-order valence-electron chi connectivity index (χ3n) is 4.00. The zero-order valence-electron chi connectivity index (χ0n) is 12.6. The molecule has 1 atom stereocenters. The monoisotopic (exact) mass is 301 g/mol. The Morgan fingerprint density at radius 1 is 1.50 bits per heavy atom. The number of pyridine rings is 1. The maximum atomic E-state index is 12.5. The van der Waals surface area contributed by atoms with Crippen molar-refractivity contribution in [3.05, 3.63) is 29.1 Å². The fourth-order valence-electron chi connectivity index (χ4n) is 2.77. The Morgan fingerprint density at radius 2 is 2.27 bits per heavy atom. The van der Waals surface area contributed by atoms with E-state index in [9.17, 15) is 9.59 Å². The number of carboxylic acids is 1. The Bertz CT molecular complexity index is 622. The smallest absolute Gasteiger partial charge is 0.303 e. The molecule has 1 aromatic rings. The van der Waals surface area contributed by atoms with Crippen molar-refractivity contribution < 1.29 is 14.7 Å². The van der Waals surface area contributed by atoms with Gasteiger partial charge < -0.3 is 10.0 Å². The van der Waals surface area contributed by atoms with Crippen LogP contribution in [0.25, 0.3) is 0 Å². The topological polar surface area (TPSA) is 94.3 Å². The van der Waals surface area contributed by atoms with E-state index in [1.165, 1.54) is 0 Å². The molecule has 22 heavy (non-hydrogen) atoms. The molecule has 0 spiro atoms. The maximum absolute atomic E-state index is 12.5. The zero-order valence-corrected chi connectivity index (χ0v) is 12.6. The fraction of sp³-hybridized carbons (Fsp3) is 0.500. The van der Waals surface area contributed by atoms with E-state index >= 15 is 0 Å². The van der Waals surface area contributed by atoms with E-state index in [-0.39, 0.29) is 18.2 Å². The summed E-state index contributed by atoms with van der Waals surface area (Å²) in [4.78, 5) is 29.1. The van der Waals surface area contributed by atoms with Gasteiger partial charge in [0, 0.05) is 19.5 Å². The van der Waals surface area contributed by atoms with Crippen LogP contribution in [0.5, 0.6) is 0 Å². The molecule has 1 saturated heterocycles. The number of likely N-dealkylation sites (tertiary alicyclic amines) is 1. The number of amides is 1. The van der Waals surface area contributed by atoms with Gasteiger partial charge in [0.15, 0.2) is 0 Å². The quantitative estimate of drug-likeness (QED) is 0.917. The van der Waals surface area contributed by atoms with Crippen LogP contribution < -0.4 is 0 Å². The van der Waals surface area contributed by atoms with Crippen molar-refractivity contribution in [1.82, 2.24) is 9.88 Å². The Hall–Kier alpha value is -2.42. The normalized spacial score (nSPS) is 17.8. The summed E-state index contributed by atoms with van der Waals surface area (Å²) in [6.45, 7) is 2.96. The number of carboxylic acid groups (broad SMARTS) is 1. The lowest BCUT2D eigenvalue weighted by Crippen LogP contribution is -2.40. The van der Waals surface area contributed by atoms with Crippen LogP contribution in [0.15, 0.2) is 12.1 Å². The van der Waals surface area contributed by atoms with Crippen LogP contribution in [-0.2, 0) is 4.79 Å². The van der Waals surface area contributed by atoms with Crippen molar-refractivity contribution in [2.45, 2.75) is 32.6 Å². The SMILES string of the molecule is Cc1nc(C(=O)N2CCC[C@@H](CCC(=O)O)C2)ccc1C#N. The zero-order chi connectivity index (χ0) is 16.1. The largest absolute Gasteiger partial charge is 0.481 e. The van der Waals surface area contributed by atoms with Crippen molar-refractivity contribution in [1.29, 1.82) is 5.26 Å². The lowest BCUT2D eigenvalue weighted by molar-refractivity contribution is -0.137. The summed E-state index contributed by atoms with van der Waals surface area (Å²) in [6.07, 6.45) is 2.57. The number of hydrogen-bond acceptors (Lipinski definition) is 4. The molecule has 2 heterocycles. The second kappa shape index (κ2) is 7.03. The first-order valence-corrected chi connectivity index (χ1v) is 7.40. The van der Waals surface area contributed by atoms with Crippen LogP contribution in [0.4, 0.5) is 0 Å². The van der Waals surface area contributed by atoms with Crippen molar-refractivity contribution in [3.8, 4) is 6.07 Å². The highest BCUT2D eigenvalue weighted by Crippen LogP contribution is 2.22. The molecule has 0 radical (unpaired) electrons. The molecule has 6 heteroatoms. The predicted octanol–water partition coefficient (Wildman–Crippen LogP) is 1.98. The predicted molar refractivity (Wildman–Crippen MR) is 79.2 cm³/mol. The first kappa shape index (κ1) is 16.0. The van der Waals surface area contributed by atoms with Crippen molar-refractivity contribution in [2.24, 2.45) is 5.92 Å². The summed E-state index contributed by atoms with van der Waals surface area (Å²) in [6, 6.07) is 5.22. The average molecular weight is 301 g/mol. The number of aliphatic carboxylic acids is 1. The number of nitriles is 1. The standard InChI is InChI=1S/C16H19N3O3/c1-11-13(9-17)5-6-14(18-11)16(22)19-8-2-3-12(10-19)4-7-15(20)21/h5-6,12H,2-4,7-8,10H2,1H3,(H,20,21)/t12-/m0/s1. The number of piperidine rings is 1. The molecule has 2 rings (SSSR count). The number of aryl methyl sites for hydroxylation is 1. The number of aromatic nitrogens is 1. The van der Waals surface area contributed by atoms with E-state index in [2.05, 4.69) is 4.98 Å². The van der Waals surface area contributed by atoms with Gasteiger partial charge in [-0.2, -0.15) is 5.26 Å². The van der Waals surface area contributed by atoms with E-state index in [1.807, 2.05) is 6.07 Å². The minimum absolute atomic E-state index is 0.140. The summed E-state index contributed by atoms with van der Waals surface area (Å²) in [5.41, 5.74) is 1.36. The third-order valence-corrected chi connectivity index (χ3v) is 4.00. The third kappa shape index (κ3) is 3.82. The Morgan fingerprint density at radius 3 is 2.91 bits per heavy atom. The molecule has 1 aliphatic heterocycles. The first-order valence-electron chi connectivity index (χ1n) is 7.40. The Kier molecular flexibility index (Phi) is 5.10. The van der Waals surface area contributed by atoms with Gasteiger partial charge in [0.1, 0.15) is 11.8 Å². The molecule has 0 aromatic carbocycles. The van der Waals surface area contributed by atoms with Gasteiger partial charge >= 0.3 is 5.97 Å². The molecule has 1 N–H and O–H groups in total. The second-order valence-corrected chi connectivity index (χ2v) is 5.63. The van der Waals surface area contributed by atoms with Gasteiger partial charge in [0.05, 0.1) is 11.3 Å². The van der Waals surface area contributed by atoms with Crippen LogP contribution in [0, 0.1) is 24.2 Å². The van der Waals surface area contributed by atoms with E-state index < -0.39 is 5.97 Å². The van der Waals surface area contributed by atoms with Crippen LogP contribution in [0.3, 0.4) is 0 Å². The molecule has 6 nitrogen and oxygen atoms in total. The lowest BCUT2D eigenvalue weighted by Gasteiger charge is -2.32. The van der Waals surface area contributed by atoms with Crippen molar-refractivity contribution in [3.63, 3.8) is 0 Å². The lowest BCUT2D eigenvalue weighted by atomic mass is 9.93. The molecule has 0 unspecified atom stereocenters. The number of hydrogen-bond donors (Lipinski definition) is 1. The fourth-order valence-corrected chi connectivity index (χ4v) is 2.77. The van der Waals surface area contributed by atoms with Crippen LogP contribution >= 0.6 is 0 Å². The van der Waals surface area contributed by atoms with Crippen molar-refractivity contribution >= 4 is 11.9 Å². The highest BCUT2D eigenvalue weighted by molar-refractivity contribution is 5.92. The minimum Gasteiger partial charge on any atom is -0.481 e. The first-order chi connectivity index (χ1) is 10.5. The van der Waals surface area contributed by atoms with Gasteiger partial charge in [0.2, 0.25) is 0 Å². The summed E-state index contributed by atoms with van der Waals surface area (Å²) >= 11 is 0. The summed E-state index contributed by atoms with van der Waals surface area (Å²) in [5, 5.41) is 17.7. The van der Waals surface area contributed by atoms with Crippen LogP contribution in [0.1, 0.15) is 47.4 Å². The number of nitrogens with zero attached hydrogens (tertiary/aromatic N) is 3. The van der Waals surface area contributed by atoms with Gasteiger partial charge in [-0.1, -0.05) is 0 Å². The van der Waals surface area contributed by atoms with Gasteiger partial charge in [-0.05, 0) is 44.2 Å². The Balaban J connectivity index is 2.04. The number of carbonyl (C=O) groups is 2. The average Bonchev–Trinajstić information content (AvgIpc) is 2.52. The van der Waals surface area contributed by atoms with Crippen molar-refractivity contribution in [2.75, 3.05) is 13.1 Å². The van der Waals surface area contributed by atoms with E-state index in [1.54, 1.807) is 24.0 Å². The maximum Gasteiger partial charge on any atom is 0.303 e. The van der Waals surface area contributed by atoms with Gasteiger partial charge in [-0.3, -0.25) is 9.59 Å². The van der Waals surface area contributed by atoms with E-state index in [0.717, 1.165) is 12.8 Å². The molecular weight excluding hydrogens is 282 g/mol. The van der Waals surface area contributed by atoms with Crippen LogP contribution in [0.2, 0.25) is 0 Å². The molecule has 1 aliphatic rings. The molecule has 1 fully saturated rings. The molecule has 1 amide bonds. The molecule has 0 bridgehead atoms. The summed E-state index contributed by atoms with van der Waals surface area (Å²) < 4.78 is 0.